The minimum absolute atomic E-state index is 0.233. The van der Waals surface area contributed by atoms with Crippen LogP contribution < -0.4 is 5.73 Å². The van der Waals surface area contributed by atoms with Gasteiger partial charge in [0, 0.05) is 0 Å². The van der Waals surface area contributed by atoms with Crippen LogP contribution in [0.4, 0.5) is 0 Å². The number of likely N-dealkylation sites (N-methyl/N-ethyl adjacent to an activating group) is 1. The van der Waals surface area contributed by atoms with Crippen LogP contribution in [0.3, 0.4) is 0 Å². The molecule has 0 aliphatic rings. The normalized spacial score (nSPS) is 13.3. The summed E-state index contributed by atoms with van der Waals surface area (Å²) in [7, 11) is 2.07. The van der Waals surface area contributed by atoms with Crippen LogP contribution in [-0.2, 0) is 0 Å². The van der Waals surface area contributed by atoms with Gasteiger partial charge in [0.05, 0.1) is 11.0 Å². The second-order valence-electron chi connectivity index (χ2n) is 3.27. The summed E-state index contributed by atoms with van der Waals surface area (Å²) in [6.07, 6.45) is 3.78. The zero-order valence-corrected chi connectivity index (χ0v) is 9.16. The lowest BCUT2D eigenvalue weighted by Crippen LogP contribution is -2.39. The maximum Gasteiger partial charge on any atom is 0.0899 e. The third kappa shape index (κ3) is 4.67. The van der Waals surface area contributed by atoms with Gasteiger partial charge in [-0.05, 0) is 26.9 Å². The van der Waals surface area contributed by atoms with Crippen LogP contribution in [-0.4, -0.2) is 29.5 Å². The molecule has 3 heteroatoms. The van der Waals surface area contributed by atoms with Crippen LogP contribution in [0.2, 0.25) is 0 Å². The molecule has 0 aliphatic carbocycles. The lowest BCUT2D eigenvalue weighted by molar-refractivity contribution is 0.304. The van der Waals surface area contributed by atoms with Crippen molar-refractivity contribution in [1.82, 2.24) is 4.90 Å². The Morgan fingerprint density at radius 3 is 2.50 bits per heavy atom. The van der Waals surface area contributed by atoms with Gasteiger partial charge >= 0.3 is 0 Å². The van der Waals surface area contributed by atoms with Crippen molar-refractivity contribution in [2.24, 2.45) is 5.73 Å². The fourth-order valence-electron chi connectivity index (χ4n) is 1.02. The summed E-state index contributed by atoms with van der Waals surface area (Å²) >= 11 is 4.91. The van der Waals surface area contributed by atoms with Crippen LogP contribution in [0.25, 0.3) is 0 Å². The second-order valence-corrected chi connectivity index (χ2v) is 3.74. The summed E-state index contributed by atoms with van der Waals surface area (Å²) < 4.78 is 0. The van der Waals surface area contributed by atoms with Crippen molar-refractivity contribution in [1.29, 1.82) is 0 Å². The standard InChI is InChI=1S/C9H20N2S/c1-4-5-6-7-11(3)8(2)9(10)12/h8H,4-7H2,1-3H3,(H2,10,12). The number of thiocarbonyl (C=S) groups is 1. The molecule has 0 aromatic carbocycles. The SMILES string of the molecule is CCCCCN(C)C(C)C(N)=S. The largest absolute Gasteiger partial charge is 0.392 e. The third-order valence-electron chi connectivity index (χ3n) is 2.19. The van der Waals surface area contributed by atoms with Gasteiger partial charge < -0.3 is 5.73 Å². The number of nitrogens with two attached hydrogens (primary N) is 1. The first-order valence-electron chi connectivity index (χ1n) is 4.59. The van der Waals surface area contributed by atoms with Crippen molar-refractivity contribution >= 4 is 17.2 Å². The van der Waals surface area contributed by atoms with Gasteiger partial charge in [0.1, 0.15) is 0 Å². The van der Waals surface area contributed by atoms with Gasteiger partial charge in [-0.25, -0.2) is 0 Å². The van der Waals surface area contributed by atoms with E-state index < -0.39 is 0 Å². The first kappa shape index (κ1) is 11.8. The Bertz CT molecular complexity index is 136. The summed E-state index contributed by atoms with van der Waals surface area (Å²) in [5, 5.41) is 0. The summed E-state index contributed by atoms with van der Waals surface area (Å²) in [6.45, 7) is 5.34. The molecule has 0 spiro atoms. The van der Waals surface area contributed by atoms with E-state index in [1.165, 1.54) is 19.3 Å². The average molecular weight is 188 g/mol. The van der Waals surface area contributed by atoms with E-state index in [0.717, 1.165) is 6.54 Å². The van der Waals surface area contributed by atoms with Crippen molar-refractivity contribution in [3.8, 4) is 0 Å². The molecule has 2 nitrogen and oxygen atoms in total. The molecule has 0 heterocycles. The van der Waals surface area contributed by atoms with Gasteiger partial charge in [0.15, 0.2) is 0 Å². The molecular formula is C9H20N2S. The smallest absolute Gasteiger partial charge is 0.0899 e. The minimum atomic E-state index is 0.233. The molecule has 0 aliphatic heterocycles. The Hall–Kier alpha value is -0.150. The van der Waals surface area contributed by atoms with Crippen LogP contribution >= 0.6 is 12.2 Å². The molecule has 0 rings (SSSR count). The zero-order valence-electron chi connectivity index (χ0n) is 8.34. The van der Waals surface area contributed by atoms with E-state index in [9.17, 15) is 0 Å². The molecular weight excluding hydrogens is 168 g/mol. The Labute approximate surface area is 81.1 Å². The van der Waals surface area contributed by atoms with E-state index >= 15 is 0 Å². The predicted molar refractivity (Wildman–Crippen MR) is 58.4 cm³/mol. The van der Waals surface area contributed by atoms with E-state index in [1.807, 2.05) is 6.92 Å². The summed E-state index contributed by atoms with van der Waals surface area (Å²) in [5.74, 6) is 0. The Balaban J connectivity index is 3.56. The van der Waals surface area contributed by atoms with Gasteiger partial charge in [-0.15, -0.1) is 0 Å². The Morgan fingerprint density at radius 2 is 2.08 bits per heavy atom. The molecule has 0 aromatic rings. The van der Waals surface area contributed by atoms with Crippen molar-refractivity contribution < 1.29 is 0 Å². The van der Waals surface area contributed by atoms with Gasteiger partial charge in [-0.1, -0.05) is 32.0 Å². The number of rotatable bonds is 6. The highest BCUT2D eigenvalue weighted by Crippen LogP contribution is 2.00. The Kier molecular flexibility index (Phi) is 6.30. The number of hydrogen-bond acceptors (Lipinski definition) is 2. The summed E-state index contributed by atoms with van der Waals surface area (Å²) in [5.41, 5.74) is 5.53. The molecule has 0 bridgehead atoms. The molecule has 1 atom stereocenters. The molecule has 0 saturated carbocycles. The highest BCUT2D eigenvalue weighted by molar-refractivity contribution is 7.80. The predicted octanol–water partition coefficient (Wildman–Crippen LogP) is 1.78. The van der Waals surface area contributed by atoms with E-state index in [-0.39, 0.29) is 6.04 Å². The lowest BCUT2D eigenvalue weighted by Gasteiger charge is -2.23. The highest BCUT2D eigenvalue weighted by atomic mass is 32.1. The van der Waals surface area contributed by atoms with Crippen LogP contribution in [0.15, 0.2) is 0 Å². The molecule has 0 amide bonds. The fraction of sp³-hybridized carbons (Fsp3) is 0.889. The lowest BCUT2D eigenvalue weighted by atomic mass is 10.2. The second kappa shape index (κ2) is 6.38. The van der Waals surface area contributed by atoms with Gasteiger partial charge in [-0.2, -0.15) is 0 Å². The minimum Gasteiger partial charge on any atom is -0.392 e. The molecule has 0 fully saturated rings. The number of unbranched alkanes of at least 4 members (excludes halogenated alkanes) is 2. The first-order valence-corrected chi connectivity index (χ1v) is 5.00. The van der Waals surface area contributed by atoms with Gasteiger partial charge in [-0.3, -0.25) is 4.90 Å². The molecule has 0 saturated heterocycles. The van der Waals surface area contributed by atoms with Crippen molar-refractivity contribution in [2.75, 3.05) is 13.6 Å². The maximum absolute atomic E-state index is 5.53. The molecule has 0 aromatic heterocycles. The molecule has 1 unspecified atom stereocenters. The molecule has 2 N–H and O–H groups in total. The first-order chi connectivity index (χ1) is 5.59. The zero-order chi connectivity index (χ0) is 9.56. The van der Waals surface area contributed by atoms with Gasteiger partial charge in [0.2, 0.25) is 0 Å². The number of nitrogens with zero attached hydrogens (tertiary/aromatic N) is 1. The topological polar surface area (TPSA) is 29.3 Å². The maximum atomic E-state index is 5.53. The fourth-order valence-corrected chi connectivity index (χ4v) is 1.20. The molecule has 12 heavy (non-hydrogen) atoms. The molecule has 72 valence electrons. The van der Waals surface area contributed by atoms with E-state index in [0.29, 0.717) is 4.99 Å². The van der Waals surface area contributed by atoms with E-state index in [4.69, 9.17) is 18.0 Å². The van der Waals surface area contributed by atoms with Crippen LogP contribution in [0, 0.1) is 0 Å². The van der Waals surface area contributed by atoms with Gasteiger partial charge in [0.25, 0.3) is 0 Å². The monoisotopic (exact) mass is 188 g/mol. The average Bonchev–Trinajstić information content (AvgIpc) is 2.03. The molecule has 0 radical (unpaired) electrons. The van der Waals surface area contributed by atoms with Crippen molar-refractivity contribution in [3.05, 3.63) is 0 Å². The summed E-state index contributed by atoms with van der Waals surface area (Å²) in [6, 6.07) is 0.233. The van der Waals surface area contributed by atoms with Crippen molar-refractivity contribution in [3.63, 3.8) is 0 Å². The highest BCUT2D eigenvalue weighted by Gasteiger charge is 2.09. The van der Waals surface area contributed by atoms with E-state index in [1.54, 1.807) is 0 Å². The Morgan fingerprint density at radius 1 is 1.50 bits per heavy atom. The summed E-state index contributed by atoms with van der Waals surface area (Å²) in [4.78, 5) is 2.80. The van der Waals surface area contributed by atoms with Crippen LogP contribution in [0.5, 0.6) is 0 Å². The van der Waals surface area contributed by atoms with Crippen molar-refractivity contribution in [2.45, 2.75) is 39.2 Å². The quantitative estimate of drug-likeness (QED) is 0.509. The van der Waals surface area contributed by atoms with Crippen LogP contribution in [0.1, 0.15) is 33.1 Å². The third-order valence-corrected chi connectivity index (χ3v) is 2.53. The number of hydrogen-bond donors (Lipinski definition) is 1. The van der Waals surface area contributed by atoms with E-state index in [2.05, 4.69) is 18.9 Å².